The number of thiophene rings is 1. The molecule has 2 aromatic carbocycles. The van der Waals surface area contributed by atoms with Crippen molar-refractivity contribution in [3.05, 3.63) is 80.2 Å². The van der Waals surface area contributed by atoms with E-state index in [0.717, 1.165) is 16.7 Å². The number of methoxy groups -OCH3 is 1. The molecule has 0 amide bonds. The lowest BCUT2D eigenvalue weighted by molar-refractivity contribution is 0.335. The second kappa shape index (κ2) is 12.2. The maximum Gasteiger partial charge on any atom is 0.272 e. The van der Waals surface area contributed by atoms with Crippen LogP contribution >= 0.6 is 11.3 Å². The monoisotopic (exact) mass is 531 g/mol. The number of benzene rings is 2. The molecule has 7 nitrogen and oxygen atoms in total. The molecule has 0 saturated heterocycles. The van der Waals surface area contributed by atoms with E-state index in [0.29, 0.717) is 38.3 Å². The lowest BCUT2D eigenvalue weighted by Crippen LogP contribution is -2.19. The van der Waals surface area contributed by atoms with Crippen LogP contribution < -0.4 is 15.7 Å². The predicted molar refractivity (Wildman–Crippen MR) is 157 cm³/mol. The highest BCUT2D eigenvalue weighted by Gasteiger charge is 2.15. The molecule has 3 heterocycles. The van der Waals surface area contributed by atoms with Crippen LogP contribution in [-0.4, -0.2) is 42.3 Å². The Kier molecular flexibility index (Phi) is 8.76. The van der Waals surface area contributed by atoms with Gasteiger partial charge in [0.15, 0.2) is 5.58 Å². The molecule has 0 aliphatic rings. The van der Waals surface area contributed by atoms with Gasteiger partial charge in [0.2, 0.25) is 5.43 Å². The maximum absolute atomic E-state index is 12.3. The summed E-state index contributed by atoms with van der Waals surface area (Å²) in [5.74, 6) is 1.22. The number of ether oxygens (including phenoxy) is 1. The van der Waals surface area contributed by atoms with Gasteiger partial charge >= 0.3 is 0 Å². The van der Waals surface area contributed by atoms with E-state index in [1.807, 2.05) is 35.7 Å². The Balaban J connectivity index is 0.000000368. The van der Waals surface area contributed by atoms with Crippen molar-refractivity contribution in [2.45, 2.75) is 33.6 Å². The lowest BCUT2D eigenvalue weighted by Gasteiger charge is -2.12. The standard InChI is InChI=1S/C23H16N2O4S.C7H17N/c1-12-8-19(26)22-21(29-12)18(11-30-22)13-4-3-5-14(9-13)20-17-10-15(28-2)6-7-16(17)23(27)25-24-20;1-4-6-8(3)7-5-2/h3-11H,1-2H3,(H,25,27);4-7H2,1-3H3. The smallest absolute Gasteiger partial charge is 0.272 e. The first-order valence-electron chi connectivity index (χ1n) is 12.7. The highest BCUT2D eigenvalue weighted by atomic mass is 32.1. The van der Waals surface area contributed by atoms with Crippen molar-refractivity contribution in [3.63, 3.8) is 0 Å². The van der Waals surface area contributed by atoms with Crippen molar-refractivity contribution in [2.75, 3.05) is 27.2 Å². The number of aromatic amines is 1. The minimum absolute atomic E-state index is 0.0402. The number of hydrogen-bond acceptors (Lipinski definition) is 7. The van der Waals surface area contributed by atoms with Crippen molar-refractivity contribution in [1.29, 1.82) is 0 Å². The Bertz CT molecular complexity index is 1660. The summed E-state index contributed by atoms with van der Waals surface area (Å²) < 4.78 is 11.8. The summed E-state index contributed by atoms with van der Waals surface area (Å²) in [6.45, 7) is 8.68. The van der Waals surface area contributed by atoms with E-state index in [4.69, 9.17) is 9.15 Å². The number of aryl methyl sites for hydroxylation is 1. The fourth-order valence-electron chi connectivity index (χ4n) is 4.46. The Labute approximate surface area is 225 Å². The Morgan fingerprint density at radius 2 is 1.74 bits per heavy atom. The number of fused-ring (bicyclic) bond motifs is 2. The fourth-order valence-corrected chi connectivity index (χ4v) is 5.37. The van der Waals surface area contributed by atoms with Crippen LogP contribution in [0.25, 0.3) is 43.4 Å². The molecule has 3 aromatic heterocycles. The van der Waals surface area contributed by atoms with Crippen molar-refractivity contribution in [2.24, 2.45) is 0 Å². The molecule has 1 N–H and O–H groups in total. The van der Waals surface area contributed by atoms with Gasteiger partial charge < -0.3 is 14.1 Å². The minimum atomic E-state index is -0.256. The summed E-state index contributed by atoms with van der Waals surface area (Å²) in [6, 6.07) is 14.6. The van der Waals surface area contributed by atoms with E-state index in [1.54, 1.807) is 26.2 Å². The zero-order chi connectivity index (χ0) is 27.2. The van der Waals surface area contributed by atoms with Gasteiger partial charge in [0, 0.05) is 28.0 Å². The molecule has 0 fully saturated rings. The van der Waals surface area contributed by atoms with Gasteiger partial charge in [-0.15, -0.1) is 11.3 Å². The number of hydrogen-bond donors (Lipinski definition) is 1. The number of H-pyrrole nitrogens is 1. The van der Waals surface area contributed by atoms with Gasteiger partial charge in [0.25, 0.3) is 5.56 Å². The van der Waals surface area contributed by atoms with E-state index in [9.17, 15) is 9.59 Å². The lowest BCUT2D eigenvalue weighted by atomic mass is 10.0. The molecule has 5 rings (SSSR count). The molecule has 8 heteroatoms. The summed E-state index contributed by atoms with van der Waals surface area (Å²) in [4.78, 5) is 26.9. The zero-order valence-corrected chi connectivity index (χ0v) is 23.3. The Morgan fingerprint density at radius 3 is 2.45 bits per heavy atom. The second-order valence-electron chi connectivity index (χ2n) is 9.23. The van der Waals surface area contributed by atoms with Gasteiger partial charge in [-0.05, 0) is 69.7 Å². The van der Waals surface area contributed by atoms with E-state index in [2.05, 4.69) is 36.0 Å². The topological polar surface area (TPSA) is 88.4 Å². The molecule has 0 aliphatic carbocycles. The SMILES string of the molecule is CCCN(C)CCC.COc1ccc2c(=O)[nH]nc(-c3cccc(-c4csc5c(=O)cc(C)oc45)c3)c2c1. The van der Waals surface area contributed by atoms with Crippen molar-refractivity contribution < 1.29 is 9.15 Å². The number of nitrogens with zero attached hydrogens (tertiary/aromatic N) is 2. The predicted octanol–water partition coefficient (Wildman–Crippen LogP) is 6.48. The first-order chi connectivity index (χ1) is 18.4. The van der Waals surface area contributed by atoms with E-state index in [1.165, 1.54) is 43.3 Å². The number of aromatic nitrogens is 2. The fraction of sp³-hybridized carbons (Fsp3) is 0.300. The molecular weight excluding hydrogens is 498 g/mol. The van der Waals surface area contributed by atoms with Crippen molar-refractivity contribution in [1.82, 2.24) is 15.1 Å². The molecule has 0 saturated carbocycles. The van der Waals surface area contributed by atoms with Gasteiger partial charge in [0.1, 0.15) is 16.2 Å². The summed E-state index contributed by atoms with van der Waals surface area (Å²) in [6.07, 6.45) is 2.55. The number of nitrogens with one attached hydrogen (secondary N) is 1. The third-order valence-corrected chi connectivity index (χ3v) is 7.20. The van der Waals surface area contributed by atoms with Crippen LogP contribution in [0.2, 0.25) is 0 Å². The highest BCUT2D eigenvalue weighted by Crippen LogP contribution is 2.35. The van der Waals surface area contributed by atoms with Crippen LogP contribution in [0.4, 0.5) is 0 Å². The third-order valence-electron chi connectivity index (χ3n) is 6.22. The van der Waals surface area contributed by atoms with Crippen LogP contribution in [-0.2, 0) is 0 Å². The Hall–Kier alpha value is -3.75. The molecular formula is C30H33N3O4S. The first-order valence-corrected chi connectivity index (χ1v) is 13.6. The van der Waals surface area contributed by atoms with Gasteiger partial charge in [0.05, 0.1) is 18.2 Å². The molecule has 0 radical (unpaired) electrons. The molecule has 0 aliphatic heterocycles. The van der Waals surface area contributed by atoms with E-state index < -0.39 is 0 Å². The molecule has 198 valence electrons. The maximum atomic E-state index is 12.3. The van der Waals surface area contributed by atoms with Crippen LogP contribution in [0.1, 0.15) is 32.4 Å². The van der Waals surface area contributed by atoms with Crippen LogP contribution in [0.3, 0.4) is 0 Å². The third kappa shape index (κ3) is 5.87. The normalized spacial score (nSPS) is 11.1. The minimum Gasteiger partial charge on any atom is -0.497 e. The molecule has 0 bridgehead atoms. The average molecular weight is 532 g/mol. The molecule has 5 aromatic rings. The first kappa shape index (κ1) is 27.3. The van der Waals surface area contributed by atoms with Gasteiger partial charge in [-0.2, -0.15) is 5.10 Å². The van der Waals surface area contributed by atoms with Crippen LogP contribution in [0.5, 0.6) is 5.75 Å². The summed E-state index contributed by atoms with van der Waals surface area (Å²) in [5.41, 5.74) is 3.51. The molecule has 0 spiro atoms. The summed E-state index contributed by atoms with van der Waals surface area (Å²) in [5, 5.41) is 10.0. The molecule has 38 heavy (non-hydrogen) atoms. The average Bonchev–Trinajstić information content (AvgIpc) is 3.34. The molecule has 0 atom stereocenters. The van der Waals surface area contributed by atoms with Crippen LogP contribution in [0, 0.1) is 6.92 Å². The van der Waals surface area contributed by atoms with E-state index in [-0.39, 0.29) is 11.0 Å². The van der Waals surface area contributed by atoms with Crippen molar-refractivity contribution in [3.8, 4) is 28.1 Å². The molecule has 0 unspecified atom stereocenters. The van der Waals surface area contributed by atoms with Gasteiger partial charge in [-0.3, -0.25) is 9.59 Å². The van der Waals surface area contributed by atoms with E-state index >= 15 is 0 Å². The zero-order valence-electron chi connectivity index (χ0n) is 22.5. The number of rotatable bonds is 7. The Morgan fingerprint density at radius 1 is 1.00 bits per heavy atom. The quantitative estimate of drug-likeness (QED) is 0.259. The largest absolute Gasteiger partial charge is 0.497 e. The second-order valence-corrected chi connectivity index (χ2v) is 10.1. The van der Waals surface area contributed by atoms with Gasteiger partial charge in [-0.25, -0.2) is 5.10 Å². The summed E-state index contributed by atoms with van der Waals surface area (Å²) >= 11 is 1.37. The van der Waals surface area contributed by atoms with Crippen molar-refractivity contribution >= 4 is 32.4 Å². The van der Waals surface area contributed by atoms with Gasteiger partial charge in [-0.1, -0.05) is 32.0 Å². The van der Waals surface area contributed by atoms with Crippen LogP contribution in [0.15, 0.2) is 67.9 Å². The highest BCUT2D eigenvalue weighted by molar-refractivity contribution is 7.17. The summed E-state index contributed by atoms with van der Waals surface area (Å²) in [7, 11) is 3.76.